The number of carbonyl (C=O) groups excluding carboxylic acids is 1. The Morgan fingerprint density at radius 1 is 1.53 bits per heavy atom. The Balaban J connectivity index is 3.47. The lowest BCUT2D eigenvalue weighted by Crippen LogP contribution is -2.11. The number of esters is 1. The van der Waals surface area contributed by atoms with Gasteiger partial charge >= 0.3 is 11.5 Å². The summed E-state index contributed by atoms with van der Waals surface area (Å²) in [6, 6.07) is 3.75. The summed E-state index contributed by atoms with van der Waals surface area (Å²) in [6.45, 7) is -0.675. The first kappa shape index (κ1) is 15.3. The maximum absolute atomic E-state index is 12.4. The van der Waals surface area contributed by atoms with Crippen molar-refractivity contribution in [2.24, 2.45) is 0 Å². The number of ether oxygens (including phenoxy) is 1. The number of rotatable bonds is 3. The maximum atomic E-state index is 12.4. The minimum Gasteiger partial charge on any atom is -0.465 e. The third kappa shape index (κ3) is 3.87. The zero-order valence-corrected chi connectivity index (χ0v) is 10.4. The molecule has 19 heavy (non-hydrogen) atoms. The first-order valence-electron chi connectivity index (χ1n) is 4.84. The van der Waals surface area contributed by atoms with Gasteiger partial charge in [0.1, 0.15) is 0 Å². The van der Waals surface area contributed by atoms with Crippen molar-refractivity contribution >= 4 is 17.7 Å². The number of alkyl halides is 3. The second-order valence-electron chi connectivity index (χ2n) is 3.32. The molecule has 0 bridgehead atoms. The van der Waals surface area contributed by atoms with Crippen LogP contribution in [0.1, 0.15) is 21.5 Å². The Hall–Kier alpha value is -1.72. The van der Waals surface area contributed by atoms with Crippen LogP contribution in [-0.2, 0) is 11.3 Å². The van der Waals surface area contributed by atoms with E-state index in [2.05, 4.69) is 4.74 Å². The minimum atomic E-state index is -4.62. The molecule has 0 aliphatic heterocycles. The summed E-state index contributed by atoms with van der Waals surface area (Å²) in [6.07, 6.45) is 0. The van der Waals surface area contributed by atoms with Gasteiger partial charge in [-0.2, -0.15) is 18.4 Å². The molecule has 0 saturated carbocycles. The topological polar surface area (TPSA) is 70.3 Å². The molecule has 0 fully saturated rings. The molecule has 0 heterocycles. The van der Waals surface area contributed by atoms with Gasteiger partial charge in [-0.05, 0) is 29.5 Å². The van der Waals surface area contributed by atoms with Crippen molar-refractivity contribution in [3.05, 3.63) is 28.8 Å². The van der Waals surface area contributed by atoms with E-state index < -0.39 is 34.7 Å². The second-order valence-corrected chi connectivity index (χ2v) is 4.42. The molecule has 0 saturated heterocycles. The fraction of sp³-hybridized carbons (Fsp3) is 0.273. The number of carbonyl (C=O) groups is 1. The number of benzene rings is 1. The lowest BCUT2D eigenvalue weighted by molar-refractivity contribution is -0.0328. The van der Waals surface area contributed by atoms with E-state index in [-0.39, 0.29) is 16.7 Å². The molecule has 1 aromatic rings. The summed E-state index contributed by atoms with van der Waals surface area (Å²) < 4.78 is 41.7. The van der Waals surface area contributed by atoms with Crippen molar-refractivity contribution in [3.8, 4) is 6.07 Å². The van der Waals surface area contributed by atoms with Crippen molar-refractivity contribution in [1.82, 2.24) is 0 Å². The monoisotopic (exact) mass is 291 g/mol. The Morgan fingerprint density at radius 2 is 2.16 bits per heavy atom. The van der Waals surface area contributed by atoms with Crippen LogP contribution in [0.4, 0.5) is 13.2 Å². The van der Waals surface area contributed by atoms with E-state index in [0.29, 0.717) is 0 Å². The first-order chi connectivity index (χ1) is 8.82. The van der Waals surface area contributed by atoms with E-state index in [1.807, 2.05) is 0 Å². The van der Waals surface area contributed by atoms with Gasteiger partial charge in [0.25, 0.3) is 0 Å². The van der Waals surface area contributed by atoms with E-state index in [0.717, 1.165) is 19.2 Å². The van der Waals surface area contributed by atoms with Gasteiger partial charge in [-0.15, -0.1) is 0 Å². The third-order valence-corrected chi connectivity index (χ3v) is 2.87. The van der Waals surface area contributed by atoms with Crippen LogP contribution in [0.2, 0.25) is 0 Å². The standard InChI is InChI=1S/C11H8F3NO3S/c1-18-10(17)9-7(5-16)2-6(4-15)3-8(9)19-11(12,13)14/h2-3,16H,5H2,1H3. The molecule has 0 aliphatic rings. The molecule has 0 aromatic heterocycles. The van der Waals surface area contributed by atoms with Gasteiger partial charge in [0.2, 0.25) is 0 Å². The van der Waals surface area contributed by atoms with Gasteiger partial charge < -0.3 is 9.84 Å². The van der Waals surface area contributed by atoms with E-state index in [4.69, 9.17) is 10.4 Å². The van der Waals surface area contributed by atoms with E-state index in [1.54, 1.807) is 6.07 Å². The van der Waals surface area contributed by atoms with E-state index in [1.165, 1.54) is 0 Å². The molecule has 1 N–H and O–H groups in total. The number of nitriles is 1. The van der Waals surface area contributed by atoms with Gasteiger partial charge in [-0.3, -0.25) is 0 Å². The molecule has 0 amide bonds. The van der Waals surface area contributed by atoms with Gasteiger partial charge in [0, 0.05) is 4.90 Å². The molecule has 0 atom stereocenters. The third-order valence-electron chi connectivity index (χ3n) is 2.10. The average Bonchev–Trinajstić information content (AvgIpc) is 2.34. The summed E-state index contributed by atoms with van der Waals surface area (Å²) in [4.78, 5) is 11.0. The normalized spacial score (nSPS) is 10.9. The fourth-order valence-corrected chi connectivity index (χ4v) is 2.15. The highest BCUT2D eigenvalue weighted by Crippen LogP contribution is 2.40. The minimum absolute atomic E-state index is 0.0801. The van der Waals surface area contributed by atoms with Crippen LogP contribution in [0.5, 0.6) is 0 Å². The molecule has 1 aromatic carbocycles. The number of aliphatic hydroxyl groups excluding tert-OH is 1. The summed E-state index contributed by atoms with van der Waals surface area (Å²) in [5.74, 6) is -1.000. The van der Waals surface area contributed by atoms with E-state index >= 15 is 0 Å². The number of hydrogen-bond acceptors (Lipinski definition) is 5. The number of thioether (sulfide) groups is 1. The molecule has 0 unspecified atom stereocenters. The predicted molar refractivity (Wildman–Crippen MR) is 60.3 cm³/mol. The van der Waals surface area contributed by atoms with Crippen molar-refractivity contribution in [2.75, 3.05) is 7.11 Å². The summed E-state index contributed by atoms with van der Waals surface area (Å²) in [7, 11) is 1.02. The second kappa shape index (κ2) is 5.95. The van der Waals surface area contributed by atoms with E-state index in [9.17, 15) is 18.0 Å². The SMILES string of the molecule is COC(=O)c1c(CO)cc(C#N)cc1SC(F)(F)F. The molecule has 4 nitrogen and oxygen atoms in total. The zero-order valence-electron chi connectivity index (χ0n) is 9.61. The molecule has 0 aliphatic carbocycles. The fourth-order valence-electron chi connectivity index (χ4n) is 1.40. The highest BCUT2D eigenvalue weighted by atomic mass is 32.2. The van der Waals surface area contributed by atoms with Crippen molar-refractivity contribution in [3.63, 3.8) is 0 Å². The van der Waals surface area contributed by atoms with Crippen molar-refractivity contribution in [1.29, 1.82) is 5.26 Å². The molecule has 0 spiro atoms. The quantitative estimate of drug-likeness (QED) is 0.684. The summed E-state index contributed by atoms with van der Waals surface area (Å²) in [5, 5.41) is 17.8. The maximum Gasteiger partial charge on any atom is 0.446 e. The van der Waals surface area contributed by atoms with Crippen LogP contribution < -0.4 is 0 Å². The van der Waals surface area contributed by atoms with Crippen LogP contribution in [0, 0.1) is 11.3 Å². The van der Waals surface area contributed by atoms with Gasteiger partial charge in [-0.25, -0.2) is 4.79 Å². The number of halogens is 3. The first-order valence-corrected chi connectivity index (χ1v) is 5.66. The Bertz CT molecular complexity index is 537. The van der Waals surface area contributed by atoms with Crippen LogP contribution in [0.25, 0.3) is 0 Å². The predicted octanol–water partition coefficient (Wildman–Crippen LogP) is 2.45. The lowest BCUT2D eigenvalue weighted by Gasteiger charge is -2.13. The Morgan fingerprint density at radius 3 is 2.58 bits per heavy atom. The van der Waals surface area contributed by atoms with Gasteiger partial charge in [-0.1, -0.05) is 0 Å². The number of methoxy groups -OCH3 is 1. The number of nitrogens with zero attached hydrogens (tertiary/aromatic N) is 1. The molecular formula is C11H8F3NO3S. The van der Waals surface area contributed by atoms with Crippen LogP contribution in [-0.4, -0.2) is 23.7 Å². The summed E-state index contributed by atoms with van der Waals surface area (Å²) in [5.41, 5.74) is -5.17. The Kier molecular flexibility index (Phi) is 4.80. The largest absolute Gasteiger partial charge is 0.465 e. The highest BCUT2D eigenvalue weighted by molar-refractivity contribution is 8.00. The van der Waals surface area contributed by atoms with Gasteiger partial charge in [0.05, 0.1) is 30.9 Å². The molecule has 8 heteroatoms. The molecule has 1 rings (SSSR count). The van der Waals surface area contributed by atoms with Crippen molar-refractivity contribution in [2.45, 2.75) is 17.0 Å². The smallest absolute Gasteiger partial charge is 0.446 e. The van der Waals surface area contributed by atoms with Crippen molar-refractivity contribution < 1.29 is 27.8 Å². The molecular weight excluding hydrogens is 283 g/mol. The van der Waals surface area contributed by atoms with Gasteiger partial charge in [0.15, 0.2) is 0 Å². The molecule has 102 valence electrons. The zero-order chi connectivity index (χ0) is 14.6. The lowest BCUT2D eigenvalue weighted by atomic mass is 10.0. The van der Waals surface area contributed by atoms with Crippen LogP contribution >= 0.6 is 11.8 Å². The highest BCUT2D eigenvalue weighted by Gasteiger charge is 2.33. The molecule has 0 radical (unpaired) electrons. The van der Waals surface area contributed by atoms with Crippen LogP contribution in [0.15, 0.2) is 17.0 Å². The summed E-state index contributed by atoms with van der Waals surface area (Å²) >= 11 is -0.533. The number of aliphatic hydroxyl groups is 1. The number of hydrogen-bond donors (Lipinski definition) is 1. The Labute approximate surface area is 110 Å². The average molecular weight is 291 g/mol. The van der Waals surface area contributed by atoms with Crippen LogP contribution in [0.3, 0.4) is 0 Å².